The molecular formula is C17H14ClN5O. The van der Waals surface area contributed by atoms with Gasteiger partial charge in [-0.3, -0.25) is 9.20 Å². The molecule has 120 valence electrons. The lowest BCUT2D eigenvalue weighted by Crippen LogP contribution is -2.16. The van der Waals surface area contributed by atoms with E-state index in [2.05, 4.69) is 20.5 Å². The third-order valence-corrected chi connectivity index (χ3v) is 4.23. The van der Waals surface area contributed by atoms with Crippen LogP contribution in [0.15, 0.2) is 47.7 Å². The monoisotopic (exact) mass is 339 g/mol. The van der Waals surface area contributed by atoms with E-state index < -0.39 is 0 Å². The summed E-state index contributed by atoms with van der Waals surface area (Å²) >= 11 is 6.03. The van der Waals surface area contributed by atoms with E-state index in [9.17, 15) is 4.79 Å². The van der Waals surface area contributed by atoms with E-state index in [1.165, 1.54) is 0 Å². The fourth-order valence-electron chi connectivity index (χ4n) is 2.70. The van der Waals surface area contributed by atoms with Crippen molar-refractivity contribution in [3.63, 3.8) is 0 Å². The molecule has 1 aromatic carbocycles. The van der Waals surface area contributed by atoms with Crippen LogP contribution in [0.1, 0.15) is 11.1 Å². The first-order valence-corrected chi connectivity index (χ1v) is 7.83. The van der Waals surface area contributed by atoms with E-state index in [0.29, 0.717) is 17.1 Å². The molecule has 6 nitrogen and oxygen atoms in total. The van der Waals surface area contributed by atoms with Gasteiger partial charge in [-0.25, -0.2) is 0 Å². The van der Waals surface area contributed by atoms with Crippen molar-refractivity contribution in [2.75, 3.05) is 5.32 Å². The van der Waals surface area contributed by atoms with E-state index in [-0.39, 0.29) is 5.56 Å². The molecule has 0 aliphatic heterocycles. The maximum Gasteiger partial charge on any atom is 0.253 e. The Morgan fingerprint density at radius 2 is 2.17 bits per heavy atom. The minimum Gasteiger partial charge on any atom is -0.379 e. The number of rotatable bonds is 3. The van der Waals surface area contributed by atoms with Gasteiger partial charge in [0.1, 0.15) is 6.33 Å². The topological polar surface area (TPSA) is 75.1 Å². The van der Waals surface area contributed by atoms with Crippen molar-refractivity contribution in [1.29, 1.82) is 0 Å². The van der Waals surface area contributed by atoms with Crippen LogP contribution in [-0.4, -0.2) is 19.6 Å². The summed E-state index contributed by atoms with van der Waals surface area (Å²) in [7, 11) is 0. The third kappa shape index (κ3) is 2.61. The van der Waals surface area contributed by atoms with Gasteiger partial charge in [0.05, 0.1) is 5.69 Å². The van der Waals surface area contributed by atoms with Gasteiger partial charge < -0.3 is 10.3 Å². The minimum absolute atomic E-state index is 0.111. The van der Waals surface area contributed by atoms with E-state index in [1.54, 1.807) is 18.5 Å². The number of nitrogens with zero attached hydrogens (tertiary/aromatic N) is 3. The average molecular weight is 340 g/mol. The predicted octanol–water partition coefficient (Wildman–Crippen LogP) is 3.14. The lowest BCUT2D eigenvalue weighted by Gasteiger charge is -2.10. The Balaban J connectivity index is 1.67. The number of fused-ring (bicyclic) bond motifs is 2. The van der Waals surface area contributed by atoms with Crippen LogP contribution < -0.4 is 10.9 Å². The van der Waals surface area contributed by atoms with Crippen LogP contribution in [0.3, 0.4) is 0 Å². The molecule has 4 rings (SSSR count). The van der Waals surface area contributed by atoms with E-state index in [4.69, 9.17) is 11.6 Å². The van der Waals surface area contributed by atoms with Crippen LogP contribution >= 0.6 is 11.6 Å². The molecule has 3 aromatic heterocycles. The number of benzene rings is 1. The van der Waals surface area contributed by atoms with Gasteiger partial charge in [-0.15, -0.1) is 10.2 Å². The van der Waals surface area contributed by atoms with Crippen LogP contribution in [0.2, 0.25) is 5.02 Å². The van der Waals surface area contributed by atoms with E-state index in [0.717, 1.165) is 27.8 Å². The summed E-state index contributed by atoms with van der Waals surface area (Å²) in [6.45, 7) is 2.40. The molecule has 3 heterocycles. The first-order chi connectivity index (χ1) is 11.6. The van der Waals surface area contributed by atoms with Crippen LogP contribution in [0.4, 0.5) is 5.69 Å². The van der Waals surface area contributed by atoms with Crippen molar-refractivity contribution >= 4 is 33.8 Å². The maximum absolute atomic E-state index is 12.2. The van der Waals surface area contributed by atoms with Crippen molar-refractivity contribution in [2.45, 2.75) is 13.5 Å². The molecule has 0 atom stereocenters. The SMILES string of the molecule is Cc1cc2nncn2cc1NCc1cc2cc(Cl)ccc2[nH]c1=O. The lowest BCUT2D eigenvalue weighted by molar-refractivity contribution is 1.07. The van der Waals surface area contributed by atoms with Gasteiger partial charge in [-0.1, -0.05) is 11.6 Å². The van der Waals surface area contributed by atoms with Crippen LogP contribution in [-0.2, 0) is 6.54 Å². The number of hydrogen-bond donors (Lipinski definition) is 2. The summed E-state index contributed by atoms with van der Waals surface area (Å²) in [4.78, 5) is 15.1. The summed E-state index contributed by atoms with van der Waals surface area (Å²) in [5, 5.41) is 12.7. The van der Waals surface area contributed by atoms with Gasteiger partial charge in [0, 0.05) is 34.2 Å². The lowest BCUT2D eigenvalue weighted by atomic mass is 10.1. The molecule has 0 saturated heterocycles. The van der Waals surface area contributed by atoms with E-state index in [1.807, 2.05) is 35.7 Å². The molecule has 0 unspecified atom stereocenters. The number of pyridine rings is 2. The Bertz CT molecular complexity index is 1120. The smallest absolute Gasteiger partial charge is 0.253 e. The summed E-state index contributed by atoms with van der Waals surface area (Å²) in [6, 6.07) is 9.21. The highest BCUT2D eigenvalue weighted by Crippen LogP contribution is 2.19. The van der Waals surface area contributed by atoms with Crippen molar-refractivity contribution in [3.8, 4) is 0 Å². The number of aromatic amines is 1. The highest BCUT2D eigenvalue weighted by molar-refractivity contribution is 6.31. The first-order valence-electron chi connectivity index (χ1n) is 7.45. The Morgan fingerprint density at radius 1 is 1.29 bits per heavy atom. The first kappa shape index (κ1) is 14.7. The number of H-pyrrole nitrogens is 1. The fourth-order valence-corrected chi connectivity index (χ4v) is 2.88. The third-order valence-electron chi connectivity index (χ3n) is 3.99. The number of aryl methyl sites for hydroxylation is 1. The second kappa shape index (κ2) is 5.65. The van der Waals surface area contributed by atoms with Gasteiger partial charge >= 0.3 is 0 Å². The number of nitrogens with one attached hydrogen (secondary N) is 2. The van der Waals surface area contributed by atoms with Crippen LogP contribution in [0, 0.1) is 6.92 Å². The molecule has 0 aliphatic rings. The van der Waals surface area contributed by atoms with Gasteiger partial charge in [-0.05, 0) is 42.8 Å². The number of aromatic nitrogens is 4. The number of hydrogen-bond acceptors (Lipinski definition) is 4. The molecule has 4 aromatic rings. The molecule has 0 bridgehead atoms. The summed E-state index contributed by atoms with van der Waals surface area (Å²) in [6.07, 6.45) is 3.56. The normalized spacial score (nSPS) is 11.2. The summed E-state index contributed by atoms with van der Waals surface area (Å²) < 4.78 is 1.83. The molecule has 0 spiro atoms. The molecule has 0 amide bonds. The highest BCUT2D eigenvalue weighted by atomic mass is 35.5. The van der Waals surface area contributed by atoms with Gasteiger partial charge in [0.15, 0.2) is 5.65 Å². The van der Waals surface area contributed by atoms with E-state index >= 15 is 0 Å². The number of anilines is 1. The van der Waals surface area contributed by atoms with Crippen molar-refractivity contribution in [3.05, 3.63) is 69.4 Å². The van der Waals surface area contributed by atoms with Crippen LogP contribution in [0.25, 0.3) is 16.6 Å². The van der Waals surface area contributed by atoms with Gasteiger partial charge in [0.2, 0.25) is 0 Å². The molecule has 0 saturated carbocycles. The summed E-state index contributed by atoms with van der Waals surface area (Å²) in [5.74, 6) is 0. The largest absolute Gasteiger partial charge is 0.379 e. The maximum atomic E-state index is 12.2. The fraction of sp³-hybridized carbons (Fsp3) is 0.118. The van der Waals surface area contributed by atoms with Crippen LogP contribution in [0.5, 0.6) is 0 Å². The standard InChI is InChI=1S/C17H14ClN5O/c1-10-4-16-22-20-9-23(16)8-15(10)19-7-12-5-11-6-13(18)2-3-14(11)21-17(12)24/h2-6,8-9,19H,7H2,1H3,(H,21,24). The number of halogens is 1. The zero-order chi connectivity index (χ0) is 16.7. The zero-order valence-electron chi connectivity index (χ0n) is 12.9. The van der Waals surface area contributed by atoms with Crippen molar-refractivity contribution < 1.29 is 0 Å². The molecule has 24 heavy (non-hydrogen) atoms. The Labute approximate surface area is 142 Å². The average Bonchev–Trinajstić information content (AvgIpc) is 3.00. The Kier molecular flexibility index (Phi) is 3.46. The second-order valence-electron chi connectivity index (χ2n) is 5.68. The van der Waals surface area contributed by atoms with Gasteiger partial charge in [-0.2, -0.15) is 0 Å². The molecule has 7 heteroatoms. The quantitative estimate of drug-likeness (QED) is 0.601. The molecular weight excluding hydrogens is 326 g/mol. The van der Waals surface area contributed by atoms with Crippen molar-refractivity contribution in [1.82, 2.24) is 19.6 Å². The Hall–Kier alpha value is -2.86. The van der Waals surface area contributed by atoms with Crippen molar-refractivity contribution in [2.24, 2.45) is 0 Å². The molecule has 0 aliphatic carbocycles. The highest BCUT2D eigenvalue weighted by Gasteiger charge is 2.06. The second-order valence-corrected chi connectivity index (χ2v) is 6.11. The minimum atomic E-state index is -0.111. The zero-order valence-corrected chi connectivity index (χ0v) is 13.6. The van der Waals surface area contributed by atoms with Gasteiger partial charge in [0.25, 0.3) is 5.56 Å². The predicted molar refractivity (Wildman–Crippen MR) is 94.6 cm³/mol. The molecule has 0 fully saturated rings. The molecule has 0 radical (unpaired) electrons. The molecule has 2 N–H and O–H groups in total. The summed E-state index contributed by atoms with van der Waals surface area (Å²) in [5.41, 5.74) is 4.06. The Morgan fingerprint density at radius 3 is 3.04 bits per heavy atom.